The number of rotatable bonds is 10. The summed E-state index contributed by atoms with van der Waals surface area (Å²) in [4.78, 5) is 29.0. The van der Waals surface area contributed by atoms with Crippen molar-refractivity contribution in [2.75, 3.05) is 5.75 Å². The zero-order valence-electron chi connectivity index (χ0n) is 20.8. The molecule has 0 heterocycles. The van der Waals surface area contributed by atoms with E-state index in [-0.39, 0.29) is 11.8 Å². The highest BCUT2D eigenvalue weighted by Gasteiger charge is 2.32. The van der Waals surface area contributed by atoms with Crippen LogP contribution in [0.4, 0.5) is 0 Å². The van der Waals surface area contributed by atoms with Crippen LogP contribution in [0.15, 0.2) is 87.8 Å². The Morgan fingerprint density at radius 1 is 0.833 bits per heavy atom. The predicted molar refractivity (Wildman–Crippen MR) is 157 cm³/mol. The van der Waals surface area contributed by atoms with Crippen LogP contribution in [0, 0.1) is 0 Å². The highest BCUT2D eigenvalue weighted by atomic mass is 79.9. The van der Waals surface area contributed by atoms with Gasteiger partial charge in [-0.25, -0.2) is 0 Å². The average molecular weight is 632 g/mol. The van der Waals surface area contributed by atoms with Gasteiger partial charge in [-0.1, -0.05) is 86.5 Å². The lowest BCUT2D eigenvalue weighted by Crippen LogP contribution is -2.54. The highest BCUT2D eigenvalue weighted by molar-refractivity contribution is 9.10. The van der Waals surface area contributed by atoms with Crippen LogP contribution in [-0.4, -0.2) is 34.0 Å². The molecule has 0 aliphatic carbocycles. The summed E-state index contributed by atoms with van der Waals surface area (Å²) in [6.45, 7) is 6.23. The fraction of sp³-hybridized carbons (Fsp3) is 0.310. The first-order chi connectivity index (χ1) is 17.1. The highest BCUT2D eigenvalue weighted by Crippen LogP contribution is 2.21. The molecule has 0 radical (unpaired) electrons. The van der Waals surface area contributed by atoms with Crippen molar-refractivity contribution in [3.8, 4) is 0 Å². The normalized spacial score (nSPS) is 12.1. The Bertz CT molecular complexity index is 1130. The topological polar surface area (TPSA) is 49.4 Å². The van der Waals surface area contributed by atoms with Crippen LogP contribution in [0.25, 0.3) is 0 Å². The van der Waals surface area contributed by atoms with E-state index in [0.29, 0.717) is 18.7 Å². The number of hydrogen-bond donors (Lipinski definition) is 1. The van der Waals surface area contributed by atoms with Crippen molar-refractivity contribution < 1.29 is 9.59 Å². The Hall–Kier alpha value is -2.09. The summed E-state index contributed by atoms with van der Waals surface area (Å²) in [5.41, 5.74) is 2.74. The second-order valence-electron chi connectivity index (χ2n) is 9.71. The largest absolute Gasteiger partial charge is 0.350 e. The van der Waals surface area contributed by atoms with Crippen LogP contribution in [0.2, 0.25) is 0 Å². The van der Waals surface area contributed by atoms with Gasteiger partial charge in [-0.3, -0.25) is 9.59 Å². The molecule has 0 fully saturated rings. The summed E-state index contributed by atoms with van der Waals surface area (Å²) in [7, 11) is 0. The molecule has 0 spiro atoms. The lowest BCUT2D eigenvalue weighted by molar-refractivity contribution is -0.140. The lowest BCUT2D eigenvalue weighted by atomic mass is 10.0. The molecule has 190 valence electrons. The maximum absolute atomic E-state index is 13.7. The molecule has 0 unspecified atom stereocenters. The van der Waals surface area contributed by atoms with Crippen LogP contribution in [-0.2, 0) is 28.3 Å². The Balaban J connectivity index is 1.85. The molecule has 4 nitrogen and oxygen atoms in total. The van der Waals surface area contributed by atoms with Crippen molar-refractivity contribution in [1.82, 2.24) is 10.2 Å². The zero-order chi connectivity index (χ0) is 26.1. The van der Waals surface area contributed by atoms with E-state index in [1.54, 1.807) is 16.7 Å². The first kappa shape index (κ1) is 28.5. The number of carbonyl (C=O) groups excluding carboxylic acids is 2. The molecule has 1 atom stereocenters. The summed E-state index contributed by atoms with van der Waals surface area (Å²) < 4.78 is 2.00. The molecule has 3 aromatic carbocycles. The van der Waals surface area contributed by atoms with Gasteiger partial charge in [-0.05, 0) is 61.7 Å². The quantitative estimate of drug-likeness (QED) is 0.262. The van der Waals surface area contributed by atoms with Gasteiger partial charge in [0.25, 0.3) is 0 Å². The molecule has 0 saturated carbocycles. The van der Waals surface area contributed by atoms with Crippen molar-refractivity contribution in [2.24, 2.45) is 0 Å². The van der Waals surface area contributed by atoms with Gasteiger partial charge in [0, 0.05) is 33.2 Å². The van der Waals surface area contributed by atoms with Crippen molar-refractivity contribution in [3.63, 3.8) is 0 Å². The van der Waals surface area contributed by atoms with Crippen molar-refractivity contribution >= 4 is 55.4 Å². The summed E-state index contributed by atoms with van der Waals surface area (Å²) >= 11 is 8.51. The molecule has 0 aromatic heterocycles. The molecule has 0 aliphatic rings. The minimum atomic E-state index is -0.629. The molecule has 3 rings (SSSR count). The molecule has 36 heavy (non-hydrogen) atoms. The Labute approximate surface area is 235 Å². The zero-order valence-corrected chi connectivity index (χ0v) is 24.8. The monoisotopic (exact) mass is 630 g/mol. The summed E-state index contributed by atoms with van der Waals surface area (Å²) in [5.74, 6) is 0.823. The van der Waals surface area contributed by atoms with Gasteiger partial charge in [0.1, 0.15) is 6.04 Å². The standard InChI is InChI=1S/C29H32Br2N2O2S/c1-29(2,3)32-28(35)26(17-21-7-5-4-6-8-21)33(18-22-9-13-24(30)14-10-22)27(34)20-36-19-23-11-15-25(31)16-12-23/h4-16,26H,17-20H2,1-3H3,(H,32,35)/t26-/m1/s1. The number of nitrogens with one attached hydrogen (secondary N) is 1. The van der Waals surface area contributed by atoms with E-state index < -0.39 is 11.6 Å². The fourth-order valence-electron chi connectivity index (χ4n) is 3.71. The van der Waals surface area contributed by atoms with E-state index >= 15 is 0 Å². The number of hydrogen-bond acceptors (Lipinski definition) is 3. The van der Waals surface area contributed by atoms with Crippen molar-refractivity contribution in [2.45, 2.75) is 51.1 Å². The summed E-state index contributed by atoms with van der Waals surface area (Å²) in [6.07, 6.45) is 0.447. The van der Waals surface area contributed by atoms with Gasteiger partial charge in [-0.2, -0.15) is 0 Å². The minimum Gasteiger partial charge on any atom is -0.350 e. The van der Waals surface area contributed by atoms with Crippen LogP contribution >= 0.6 is 43.6 Å². The maximum atomic E-state index is 13.7. The summed E-state index contributed by atoms with van der Waals surface area (Å²) in [6, 6.07) is 25.3. The van der Waals surface area contributed by atoms with Crippen molar-refractivity contribution in [1.29, 1.82) is 0 Å². The second kappa shape index (κ2) is 13.5. The number of nitrogens with zero attached hydrogens (tertiary/aromatic N) is 1. The molecular weight excluding hydrogens is 600 g/mol. The third-order valence-corrected chi connectivity index (χ3v) is 7.49. The van der Waals surface area contributed by atoms with Gasteiger partial charge in [-0.15, -0.1) is 11.8 Å². The minimum absolute atomic E-state index is 0.0509. The lowest BCUT2D eigenvalue weighted by Gasteiger charge is -2.34. The van der Waals surface area contributed by atoms with Crippen LogP contribution in [0.5, 0.6) is 0 Å². The van der Waals surface area contributed by atoms with Crippen LogP contribution < -0.4 is 5.32 Å². The number of amides is 2. The van der Waals surface area contributed by atoms with E-state index in [2.05, 4.69) is 49.3 Å². The average Bonchev–Trinajstić information content (AvgIpc) is 2.83. The molecule has 0 saturated heterocycles. The Morgan fingerprint density at radius 2 is 1.39 bits per heavy atom. The first-order valence-electron chi connectivity index (χ1n) is 11.8. The van der Waals surface area contributed by atoms with Gasteiger partial charge in [0.15, 0.2) is 0 Å². The predicted octanol–water partition coefficient (Wildman–Crippen LogP) is 7.00. The molecule has 2 amide bonds. The van der Waals surface area contributed by atoms with Crippen LogP contribution in [0.3, 0.4) is 0 Å². The number of carbonyl (C=O) groups is 2. The molecular formula is C29H32Br2N2O2S. The van der Waals surface area contributed by atoms with Gasteiger partial charge in [0.2, 0.25) is 11.8 Å². The number of benzene rings is 3. The van der Waals surface area contributed by atoms with Gasteiger partial charge < -0.3 is 10.2 Å². The summed E-state index contributed by atoms with van der Waals surface area (Å²) in [5, 5.41) is 3.11. The van der Waals surface area contributed by atoms with E-state index in [4.69, 9.17) is 0 Å². The Morgan fingerprint density at radius 3 is 1.94 bits per heavy atom. The van der Waals surface area contributed by atoms with Crippen LogP contribution in [0.1, 0.15) is 37.5 Å². The smallest absolute Gasteiger partial charge is 0.243 e. The molecule has 0 aliphatic heterocycles. The third kappa shape index (κ3) is 9.41. The number of halogens is 2. The molecule has 7 heteroatoms. The van der Waals surface area contributed by atoms with Gasteiger partial charge in [0.05, 0.1) is 5.75 Å². The SMILES string of the molecule is CC(C)(C)NC(=O)[C@@H](Cc1ccccc1)N(Cc1ccc(Br)cc1)C(=O)CSCc1ccc(Br)cc1. The molecule has 1 N–H and O–H groups in total. The van der Waals surface area contributed by atoms with E-state index in [9.17, 15) is 9.59 Å². The molecule has 0 bridgehead atoms. The van der Waals surface area contributed by atoms with E-state index in [0.717, 1.165) is 31.4 Å². The van der Waals surface area contributed by atoms with Crippen molar-refractivity contribution in [3.05, 3.63) is 104 Å². The van der Waals surface area contributed by atoms with E-state index in [1.165, 1.54) is 0 Å². The van der Waals surface area contributed by atoms with E-state index in [1.807, 2.05) is 87.5 Å². The Kier molecular flexibility index (Phi) is 10.6. The fourth-order valence-corrected chi connectivity index (χ4v) is 5.11. The van der Waals surface area contributed by atoms with Gasteiger partial charge >= 0.3 is 0 Å². The first-order valence-corrected chi connectivity index (χ1v) is 14.6. The maximum Gasteiger partial charge on any atom is 0.243 e. The second-order valence-corrected chi connectivity index (χ2v) is 12.5. The third-order valence-electron chi connectivity index (χ3n) is 5.44. The molecule has 3 aromatic rings. The number of thioether (sulfide) groups is 1.